The van der Waals surface area contributed by atoms with E-state index in [9.17, 15) is 17.8 Å². The van der Waals surface area contributed by atoms with Gasteiger partial charge >= 0.3 is 5.97 Å². The third-order valence-electron chi connectivity index (χ3n) is 4.07. The van der Waals surface area contributed by atoms with Crippen LogP contribution in [0.3, 0.4) is 0 Å². The maximum absolute atomic E-state index is 12.0. The normalized spacial score (nSPS) is 12.4. The predicted molar refractivity (Wildman–Crippen MR) is 118 cm³/mol. The van der Waals surface area contributed by atoms with E-state index in [1.807, 2.05) is 0 Å². The number of anilines is 1. The monoisotopic (exact) mass is 486 g/mol. The van der Waals surface area contributed by atoms with Crippen molar-refractivity contribution < 1.29 is 22.5 Å². The molecule has 2 N–H and O–H groups in total. The van der Waals surface area contributed by atoms with E-state index >= 15 is 0 Å². The number of carbonyl (C=O) groups excluding carboxylic acids is 1. The van der Waals surface area contributed by atoms with Gasteiger partial charge in [-0.15, -0.1) is 11.3 Å². The quantitative estimate of drug-likeness (QED) is 0.363. The largest absolute Gasteiger partial charge is 0.469 e. The molecule has 0 spiro atoms. The summed E-state index contributed by atoms with van der Waals surface area (Å²) in [5.41, 5.74) is 1.45. The van der Waals surface area contributed by atoms with E-state index in [0.29, 0.717) is 26.2 Å². The van der Waals surface area contributed by atoms with E-state index in [1.165, 1.54) is 31.4 Å². The summed E-state index contributed by atoms with van der Waals surface area (Å²) in [6.45, 7) is 0. The lowest BCUT2D eigenvalue weighted by molar-refractivity contribution is -0.139. The summed E-state index contributed by atoms with van der Waals surface area (Å²) < 4.78 is 38.5. The molecular weight excluding hydrogens is 471 g/mol. The van der Waals surface area contributed by atoms with Crippen LogP contribution in [0, 0.1) is 0 Å². The minimum Gasteiger partial charge on any atom is -0.469 e. The Hall–Kier alpha value is -2.17. The molecular formula is C19H16Cl2N2O5S2. The first kappa shape index (κ1) is 22.5. The van der Waals surface area contributed by atoms with E-state index < -0.39 is 21.5 Å². The van der Waals surface area contributed by atoms with Crippen LogP contribution in [0.4, 0.5) is 5.13 Å². The summed E-state index contributed by atoms with van der Waals surface area (Å²) in [6.07, 6.45) is -0.0503. The van der Waals surface area contributed by atoms with Crippen LogP contribution < -0.4 is 5.32 Å². The van der Waals surface area contributed by atoms with Crippen LogP contribution in [0.1, 0.15) is 15.8 Å². The lowest BCUT2D eigenvalue weighted by Gasteiger charge is -2.15. The molecule has 30 heavy (non-hydrogen) atoms. The highest BCUT2D eigenvalue weighted by molar-refractivity contribution is 7.86. The second-order valence-electron chi connectivity index (χ2n) is 6.14. The summed E-state index contributed by atoms with van der Waals surface area (Å²) in [4.78, 5) is 16.8. The van der Waals surface area contributed by atoms with Gasteiger partial charge in [-0.3, -0.25) is 9.35 Å². The molecule has 0 aliphatic heterocycles. The molecule has 1 unspecified atom stereocenters. The number of esters is 1. The number of hydrogen-bond acceptors (Lipinski definition) is 7. The topological polar surface area (TPSA) is 106 Å². The van der Waals surface area contributed by atoms with Gasteiger partial charge in [-0.2, -0.15) is 8.42 Å². The Bertz CT molecular complexity index is 1150. The molecule has 1 aromatic heterocycles. The number of hydrogen-bond donors (Lipinski definition) is 2. The van der Waals surface area contributed by atoms with E-state index in [1.54, 1.807) is 24.3 Å². The highest BCUT2D eigenvalue weighted by atomic mass is 35.5. The number of ether oxygens (including phenoxy) is 1. The Morgan fingerprint density at radius 3 is 2.23 bits per heavy atom. The fourth-order valence-electron chi connectivity index (χ4n) is 2.65. The van der Waals surface area contributed by atoms with Crippen molar-refractivity contribution in [1.29, 1.82) is 0 Å². The summed E-state index contributed by atoms with van der Waals surface area (Å²) in [6, 6.07) is 12.8. The summed E-state index contributed by atoms with van der Waals surface area (Å²) in [7, 11) is -3.25. The fraction of sp³-hybridized carbons (Fsp3) is 0.158. The van der Waals surface area contributed by atoms with Crippen molar-refractivity contribution in [1.82, 2.24) is 4.98 Å². The Labute approximate surface area is 187 Å². The van der Waals surface area contributed by atoms with Gasteiger partial charge in [-0.05, 0) is 29.8 Å². The minimum absolute atomic E-state index is 0.0503. The lowest BCUT2D eigenvalue weighted by atomic mass is 10.1. The molecule has 3 rings (SSSR count). The van der Waals surface area contributed by atoms with Crippen molar-refractivity contribution in [2.45, 2.75) is 11.8 Å². The van der Waals surface area contributed by atoms with Crippen LogP contribution in [-0.2, 0) is 26.1 Å². The van der Waals surface area contributed by atoms with Crippen LogP contribution in [-0.4, -0.2) is 31.0 Å². The zero-order valence-electron chi connectivity index (χ0n) is 15.5. The molecule has 3 aromatic rings. The molecule has 158 valence electrons. The molecule has 0 saturated heterocycles. The number of nitrogens with one attached hydrogen (secondary N) is 1. The van der Waals surface area contributed by atoms with Crippen molar-refractivity contribution in [3.05, 3.63) is 69.0 Å². The molecule has 7 nitrogen and oxygen atoms in total. The van der Waals surface area contributed by atoms with Crippen LogP contribution >= 0.6 is 34.5 Å². The molecule has 0 aliphatic rings. The van der Waals surface area contributed by atoms with Crippen LogP contribution in [0.25, 0.3) is 11.3 Å². The fourth-order valence-corrected chi connectivity index (χ4v) is 4.73. The summed E-state index contributed by atoms with van der Waals surface area (Å²) in [5, 5.41) is 2.44. The third kappa shape index (κ3) is 5.50. The zero-order chi connectivity index (χ0) is 21.9. The average molecular weight is 487 g/mol. The molecule has 0 amide bonds. The number of thiazole rings is 1. The minimum atomic E-state index is -4.53. The Balaban J connectivity index is 2.01. The van der Waals surface area contributed by atoms with Crippen molar-refractivity contribution in [2.24, 2.45) is 0 Å². The Kier molecular flexibility index (Phi) is 6.99. The van der Waals surface area contributed by atoms with Crippen molar-refractivity contribution >= 4 is 55.8 Å². The van der Waals surface area contributed by atoms with Gasteiger partial charge in [0, 0.05) is 20.5 Å². The first-order chi connectivity index (χ1) is 14.2. The second kappa shape index (κ2) is 9.32. The standard InChI is InChI=1S/C19H16Cl2N2O5S2/c1-28-16(24)10-15-17(11-2-6-13(20)7-3-11)22-19(29-15)23-18(30(25,26)27)12-4-8-14(21)9-5-12/h2-9,18H,10H2,1H3,(H,22,23)(H,25,26,27). The molecule has 11 heteroatoms. The van der Waals surface area contributed by atoms with E-state index in [-0.39, 0.29) is 17.1 Å². The SMILES string of the molecule is COC(=O)Cc1sc(NC(c2ccc(Cl)cc2)S(=O)(=O)O)nc1-c1ccc(Cl)cc1. The number of carbonyl (C=O) groups is 1. The van der Waals surface area contributed by atoms with Gasteiger partial charge in [0.25, 0.3) is 10.1 Å². The maximum atomic E-state index is 12.0. The molecule has 0 bridgehead atoms. The summed E-state index contributed by atoms with van der Waals surface area (Å²) in [5.74, 6) is -0.468. The Morgan fingerprint density at radius 2 is 1.70 bits per heavy atom. The number of halogens is 2. The third-order valence-corrected chi connectivity index (χ3v) is 6.55. The molecule has 2 aromatic carbocycles. The van der Waals surface area contributed by atoms with Gasteiger partial charge in [0.1, 0.15) is 0 Å². The molecule has 0 saturated carbocycles. The number of methoxy groups -OCH3 is 1. The van der Waals surface area contributed by atoms with Gasteiger partial charge in [0.2, 0.25) is 0 Å². The first-order valence-electron chi connectivity index (χ1n) is 8.48. The van der Waals surface area contributed by atoms with Crippen molar-refractivity contribution in [3.8, 4) is 11.3 Å². The van der Waals surface area contributed by atoms with Crippen LogP contribution in [0.5, 0.6) is 0 Å². The van der Waals surface area contributed by atoms with Crippen molar-refractivity contribution in [2.75, 3.05) is 12.4 Å². The maximum Gasteiger partial charge on any atom is 0.310 e. The second-order valence-corrected chi connectivity index (χ2v) is 9.60. The van der Waals surface area contributed by atoms with Gasteiger partial charge in [-0.1, -0.05) is 47.5 Å². The van der Waals surface area contributed by atoms with E-state index in [4.69, 9.17) is 27.9 Å². The lowest BCUT2D eigenvalue weighted by Crippen LogP contribution is -2.20. The van der Waals surface area contributed by atoms with Crippen LogP contribution in [0.2, 0.25) is 10.0 Å². The smallest absolute Gasteiger partial charge is 0.310 e. The van der Waals surface area contributed by atoms with Gasteiger partial charge in [0.05, 0.1) is 19.2 Å². The highest BCUT2D eigenvalue weighted by Crippen LogP contribution is 2.35. The number of benzene rings is 2. The van der Waals surface area contributed by atoms with Gasteiger partial charge in [0.15, 0.2) is 10.5 Å². The number of rotatable bonds is 7. The number of aromatic nitrogens is 1. The molecule has 0 fully saturated rings. The van der Waals surface area contributed by atoms with Crippen molar-refractivity contribution in [3.63, 3.8) is 0 Å². The highest BCUT2D eigenvalue weighted by Gasteiger charge is 2.27. The first-order valence-corrected chi connectivity index (χ1v) is 11.6. The van der Waals surface area contributed by atoms with E-state index in [2.05, 4.69) is 10.3 Å². The van der Waals surface area contributed by atoms with E-state index in [0.717, 1.165) is 11.3 Å². The molecule has 0 radical (unpaired) electrons. The molecule has 1 heterocycles. The Morgan fingerprint density at radius 1 is 1.13 bits per heavy atom. The summed E-state index contributed by atoms with van der Waals surface area (Å²) >= 11 is 12.9. The molecule has 0 aliphatic carbocycles. The van der Waals surface area contributed by atoms with Crippen LogP contribution in [0.15, 0.2) is 48.5 Å². The molecule has 1 atom stereocenters. The van der Waals surface area contributed by atoms with Gasteiger partial charge < -0.3 is 10.1 Å². The average Bonchev–Trinajstić information content (AvgIpc) is 3.09. The predicted octanol–water partition coefficient (Wildman–Crippen LogP) is 4.83. The zero-order valence-corrected chi connectivity index (χ0v) is 18.6. The number of nitrogens with zero attached hydrogens (tertiary/aromatic N) is 1. The van der Waals surface area contributed by atoms with Gasteiger partial charge in [-0.25, -0.2) is 4.98 Å².